The SMILES string of the molecule is CCCCSc1nc(N)c(NC(=O)c2ccc(OC)c(OC)c2)c(=O)[nH]1. The summed E-state index contributed by atoms with van der Waals surface area (Å²) in [6.45, 7) is 2.08. The molecule has 2 rings (SSSR count). The molecule has 0 saturated heterocycles. The number of nitrogens with one attached hydrogen (secondary N) is 2. The fraction of sp³-hybridized carbons (Fsp3) is 0.353. The zero-order valence-corrected chi connectivity index (χ0v) is 15.7. The number of aromatic amines is 1. The second-order valence-corrected chi connectivity index (χ2v) is 6.44. The Morgan fingerprint density at radius 3 is 2.65 bits per heavy atom. The number of ether oxygens (including phenoxy) is 2. The van der Waals surface area contributed by atoms with E-state index < -0.39 is 11.5 Å². The standard InChI is InChI=1S/C17H22N4O4S/c1-4-5-8-26-17-20-14(18)13(16(23)21-17)19-15(22)10-6-7-11(24-2)12(9-10)25-3/h6-7,9H,4-5,8H2,1-3H3,(H,19,22)(H3,18,20,21,23). The predicted molar refractivity (Wildman–Crippen MR) is 102 cm³/mol. The van der Waals surface area contributed by atoms with Crippen molar-refractivity contribution in [1.82, 2.24) is 9.97 Å². The highest BCUT2D eigenvalue weighted by molar-refractivity contribution is 7.99. The lowest BCUT2D eigenvalue weighted by Gasteiger charge is -2.11. The summed E-state index contributed by atoms with van der Waals surface area (Å²) in [6, 6.07) is 4.68. The molecule has 0 atom stereocenters. The fourth-order valence-electron chi connectivity index (χ4n) is 2.13. The van der Waals surface area contributed by atoms with Crippen molar-refractivity contribution in [2.24, 2.45) is 0 Å². The molecule has 0 aliphatic rings. The van der Waals surface area contributed by atoms with Crippen molar-refractivity contribution in [3.63, 3.8) is 0 Å². The molecule has 140 valence electrons. The Bertz CT molecular complexity index is 838. The van der Waals surface area contributed by atoms with E-state index in [1.807, 2.05) is 0 Å². The van der Waals surface area contributed by atoms with Crippen LogP contribution in [0.25, 0.3) is 0 Å². The lowest BCUT2D eigenvalue weighted by atomic mass is 10.2. The van der Waals surface area contributed by atoms with Gasteiger partial charge in [0.15, 0.2) is 22.5 Å². The normalized spacial score (nSPS) is 10.4. The Labute approximate surface area is 155 Å². The Morgan fingerprint density at radius 2 is 2.04 bits per heavy atom. The number of carbonyl (C=O) groups is 1. The number of aromatic nitrogens is 2. The number of carbonyl (C=O) groups excluding carboxylic acids is 1. The third kappa shape index (κ3) is 4.69. The number of nitrogens with two attached hydrogens (primary N) is 1. The zero-order valence-electron chi connectivity index (χ0n) is 14.9. The van der Waals surface area contributed by atoms with Crippen LogP contribution in [-0.2, 0) is 0 Å². The minimum absolute atomic E-state index is 0.0263. The number of unbranched alkanes of at least 4 members (excludes halogenated alkanes) is 1. The van der Waals surface area contributed by atoms with Crippen LogP contribution in [0, 0.1) is 0 Å². The molecule has 0 radical (unpaired) electrons. The molecular weight excluding hydrogens is 356 g/mol. The summed E-state index contributed by atoms with van der Waals surface area (Å²) >= 11 is 1.42. The number of hydrogen-bond donors (Lipinski definition) is 3. The van der Waals surface area contributed by atoms with E-state index in [0.29, 0.717) is 22.2 Å². The molecule has 4 N–H and O–H groups in total. The minimum Gasteiger partial charge on any atom is -0.493 e. The largest absolute Gasteiger partial charge is 0.493 e. The van der Waals surface area contributed by atoms with Crippen molar-refractivity contribution in [3.8, 4) is 11.5 Å². The summed E-state index contributed by atoms with van der Waals surface area (Å²) in [6.07, 6.45) is 2.05. The highest BCUT2D eigenvalue weighted by Crippen LogP contribution is 2.28. The van der Waals surface area contributed by atoms with Gasteiger partial charge in [0.2, 0.25) is 0 Å². The first-order valence-corrected chi connectivity index (χ1v) is 9.04. The number of nitrogens with zero attached hydrogens (tertiary/aromatic N) is 1. The molecule has 1 aromatic carbocycles. The Kier molecular flexibility index (Phi) is 6.90. The van der Waals surface area contributed by atoms with Gasteiger partial charge < -0.3 is 20.5 Å². The number of nitrogen functional groups attached to an aromatic ring is 1. The fourth-order valence-corrected chi connectivity index (χ4v) is 3.09. The van der Waals surface area contributed by atoms with Gasteiger partial charge in [0.25, 0.3) is 11.5 Å². The lowest BCUT2D eigenvalue weighted by molar-refractivity contribution is 0.102. The topological polar surface area (TPSA) is 119 Å². The van der Waals surface area contributed by atoms with Gasteiger partial charge in [-0.05, 0) is 24.6 Å². The highest BCUT2D eigenvalue weighted by Gasteiger charge is 2.16. The van der Waals surface area contributed by atoms with E-state index >= 15 is 0 Å². The van der Waals surface area contributed by atoms with E-state index in [-0.39, 0.29) is 11.5 Å². The highest BCUT2D eigenvalue weighted by atomic mass is 32.2. The number of anilines is 2. The van der Waals surface area contributed by atoms with E-state index in [4.69, 9.17) is 15.2 Å². The molecule has 8 nitrogen and oxygen atoms in total. The number of hydrogen-bond acceptors (Lipinski definition) is 7. The Balaban J connectivity index is 2.20. The summed E-state index contributed by atoms with van der Waals surface area (Å²) in [7, 11) is 2.98. The number of rotatable bonds is 8. The second-order valence-electron chi connectivity index (χ2n) is 5.36. The monoisotopic (exact) mass is 378 g/mol. The predicted octanol–water partition coefficient (Wildman–Crippen LogP) is 2.51. The van der Waals surface area contributed by atoms with Gasteiger partial charge in [0.05, 0.1) is 14.2 Å². The van der Waals surface area contributed by atoms with Gasteiger partial charge in [-0.2, -0.15) is 0 Å². The third-order valence-electron chi connectivity index (χ3n) is 3.55. The van der Waals surface area contributed by atoms with Gasteiger partial charge in [0.1, 0.15) is 5.69 Å². The van der Waals surface area contributed by atoms with E-state index in [0.717, 1.165) is 18.6 Å². The van der Waals surface area contributed by atoms with Gasteiger partial charge in [-0.25, -0.2) is 4.98 Å². The van der Waals surface area contributed by atoms with Gasteiger partial charge in [-0.1, -0.05) is 25.1 Å². The Hall–Kier alpha value is -2.68. The van der Waals surface area contributed by atoms with Crippen molar-refractivity contribution in [2.45, 2.75) is 24.9 Å². The summed E-state index contributed by atoms with van der Waals surface area (Å²) in [5, 5.41) is 2.94. The number of thioether (sulfide) groups is 1. The molecule has 2 aromatic rings. The maximum atomic E-state index is 12.4. The van der Waals surface area contributed by atoms with Crippen LogP contribution in [0.5, 0.6) is 11.5 Å². The maximum absolute atomic E-state index is 12.4. The van der Waals surface area contributed by atoms with E-state index in [1.165, 1.54) is 32.0 Å². The summed E-state index contributed by atoms with van der Waals surface area (Å²) in [5.41, 5.74) is 5.57. The molecule has 0 aliphatic heterocycles. The van der Waals surface area contributed by atoms with Gasteiger partial charge >= 0.3 is 0 Å². The van der Waals surface area contributed by atoms with Crippen LogP contribution in [0.2, 0.25) is 0 Å². The van der Waals surface area contributed by atoms with Crippen LogP contribution in [0.1, 0.15) is 30.1 Å². The van der Waals surface area contributed by atoms with E-state index in [1.54, 1.807) is 12.1 Å². The van der Waals surface area contributed by atoms with Gasteiger partial charge in [0, 0.05) is 11.3 Å². The summed E-state index contributed by atoms with van der Waals surface area (Å²) in [5.74, 6) is 1.20. The molecule has 1 aromatic heterocycles. The van der Waals surface area contributed by atoms with Crippen LogP contribution in [0.4, 0.5) is 11.5 Å². The average Bonchev–Trinajstić information content (AvgIpc) is 2.64. The number of benzene rings is 1. The quantitative estimate of drug-likeness (QED) is 0.367. The molecule has 9 heteroatoms. The third-order valence-corrected chi connectivity index (χ3v) is 4.51. The molecule has 0 saturated carbocycles. The van der Waals surface area contributed by atoms with Crippen LogP contribution in [0.3, 0.4) is 0 Å². The first kappa shape index (κ1) is 19.6. The minimum atomic E-state index is -0.503. The number of amides is 1. The second kappa shape index (κ2) is 9.14. The van der Waals surface area contributed by atoms with E-state index in [2.05, 4.69) is 22.2 Å². The number of methoxy groups -OCH3 is 2. The van der Waals surface area contributed by atoms with E-state index in [9.17, 15) is 9.59 Å². The molecule has 0 spiro atoms. The zero-order chi connectivity index (χ0) is 19.1. The van der Waals surface area contributed by atoms with Crippen LogP contribution < -0.4 is 26.1 Å². The smallest absolute Gasteiger partial charge is 0.277 e. The molecule has 0 unspecified atom stereocenters. The molecule has 1 heterocycles. The molecule has 26 heavy (non-hydrogen) atoms. The first-order chi connectivity index (χ1) is 12.5. The molecule has 0 bridgehead atoms. The van der Waals surface area contributed by atoms with Crippen molar-refractivity contribution in [1.29, 1.82) is 0 Å². The number of H-pyrrole nitrogens is 1. The molecule has 0 fully saturated rings. The van der Waals surface area contributed by atoms with Crippen molar-refractivity contribution in [2.75, 3.05) is 31.0 Å². The van der Waals surface area contributed by atoms with Gasteiger partial charge in [-0.3, -0.25) is 14.6 Å². The van der Waals surface area contributed by atoms with Gasteiger partial charge in [-0.15, -0.1) is 0 Å². The Morgan fingerprint density at radius 1 is 1.31 bits per heavy atom. The maximum Gasteiger partial charge on any atom is 0.277 e. The summed E-state index contributed by atoms with van der Waals surface area (Å²) < 4.78 is 10.3. The van der Waals surface area contributed by atoms with Crippen LogP contribution in [0.15, 0.2) is 28.2 Å². The van der Waals surface area contributed by atoms with Crippen LogP contribution in [-0.4, -0.2) is 35.8 Å². The molecular formula is C17H22N4O4S. The molecule has 0 aliphatic carbocycles. The van der Waals surface area contributed by atoms with Crippen molar-refractivity contribution < 1.29 is 14.3 Å². The summed E-state index contributed by atoms with van der Waals surface area (Å²) in [4.78, 5) is 31.4. The van der Waals surface area contributed by atoms with Crippen LogP contribution >= 0.6 is 11.8 Å². The van der Waals surface area contributed by atoms with Crippen molar-refractivity contribution >= 4 is 29.2 Å². The first-order valence-electron chi connectivity index (χ1n) is 8.06. The molecule has 1 amide bonds. The average molecular weight is 378 g/mol. The van der Waals surface area contributed by atoms with Crippen molar-refractivity contribution in [3.05, 3.63) is 34.1 Å². The lowest BCUT2D eigenvalue weighted by Crippen LogP contribution is -2.23.